The van der Waals surface area contributed by atoms with Crippen LogP contribution in [0, 0.1) is 0 Å². The molecule has 0 saturated carbocycles. The Hall–Kier alpha value is -3.71. The van der Waals surface area contributed by atoms with Crippen molar-refractivity contribution in [1.29, 1.82) is 0 Å². The first-order valence-corrected chi connectivity index (χ1v) is 10.4. The summed E-state index contributed by atoms with van der Waals surface area (Å²) in [4.78, 5) is 26.9. The molecule has 0 atom stereocenters. The van der Waals surface area contributed by atoms with Crippen molar-refractivity contribution in [2.75, 3.05) is 11.7 Å². The minimum absolute atomic E-state index is 0.223. The minimum atomic E-state index is -0.341. The number of ether oxygens (including phenoxy) is 3. The van der Waals surface area contributed by atoms with Crippen LogP contribution in [0.2, 0.25) is 0 Å². The molecular weight excluding hydrogens is 414 g/mol. The van der Waals surface area contributed by atoms with E-state index in [4.69, 9.17) is 14.2 Å². The number of carbonyl (C=O) groups excluding carboxylic acids is 2. The van der Waals surface area contributed by atoms with Gasteiger partial charge in [-0.05, 0) is 53.7 Å². The first-order chi connectivity index (χ1) is 15.2. The third kappa shape index (κ3) is 3.87. The van der Waals surface area contributed by atoms with E-state index in [1.165, 1.54) is 4.90 Å². The second-order valence-corrected chi connectivity index (χ2v) is 7.86. The zero-order chi connectivity index (χ0) is 21.2. The van der Waals surface area contributed by atoms with E-state index in [2.05, 4.69) is 0 Å². The molecule has 7 heteroatoms. The minimum Gasteiger partial charge on any atom is -0.488 e. The van der Waals surface area contributed by atoms with Crippen molar-refractivity contribution in [3.8, 4) is 17.2 Å². The molecule has 0 radical (unpaired) electrons. The van der Waals surface area contributed by atoms with E-state index in [0.29, 0.717) is 28.7 Å². The lowest BCUT2D eigenvalue weighted by Crippen LogP contribution is -2.27. The van der Waals surface area contributed by atoms with Crippen LogP contribution in [0.4, 0.5) is 10.5 Å². The topological polar surface area (TPSA) is 65.1 Å². The first kappa shape index (κ1) is 19.3. The van der Waals surface area contributed by atoms with Crippen LogP contribution >= 0.6 is 11.8 Å². The third-order valence-electron chi connectivity index (χ3n) is 4.85. The fourth-order valence-electron chi connectivity index (χ4n) is 3.33. The van der Waals surface area contributed by atoms with Gasteiger partial charge in [0.15, 0.2) is 11.5 Å². The van der Waals surface area contributed by atoms with Gasteiger partial charge in [0.2, 0.25) is 6.79 Å². The molecule has 2 aliphatic heterocycles. The Morgan fingerprint density at radius 1 is 0.935 bits per heavy atom. The van der Waals surface area contributed by atoms with Gasteiger partial charge >= 0.3 is 0 Å². The number of benzene rings is 3. The zero-order valence-corrected chi connectivity index (χ0v) is 17.1. The summed E-state index contributed by atoms with van der Waals surface area (Å²) in [6.07, 6.45) is 1.70. The van der Waals surface area contributed by atoms with E-state index in [0.717, 1.165) is 28.6 Å². The Morgan fingerprint density at radius 2 is 1.71 bits per heavy atom. The van der Waals surface area contributed by atoms with Crippen LogP contribution in [0.5, 0.6) is 17.2 Å². The van der Waals surface area contributed by atoms with E-state index in [1.54, 1.807) is 30.3 Å². The fourth-order valence-corrected chi connectivity index (χ4v) is 4.16. The van der Waals surface area contributed by atoms with Crippen molar-refractivity contribution >= 4 is 34.7 Å². The van der Waals surface area contributed by atoms with Gasteiger partial charge in [-0.1, -0.05) is 42.5 Å². The Kier molecular flexibility index (Phi) is 5.09. The van der Waals surface area contributed by atoms with Crippen molar-refractivity contribution in [3.05, 3.63) is 88.8 Å². The average Bonchev–Trinajstić information content (AvgIpc) is 3.37. The quantitative estimate of drug-likeness (QED) is 0.515. The number of thioether (sulfide) groups is 1. The highest BCUT2D eigenvalue weighted by Gasteiger charge is 2.36. The molecule has 0 aliphatic carbocycles. The smallest absolute Gasteiger partial charge is 0.298 e. The van der Waals surface area contributed by atoms with Gasteiger partial charge in [0, 0.05) is 5.56 Å². The summed E-state index contributed by atoms with van der Waals surface area (Å²) in [6.45, 7) is 0.549. The monoisotopic (exact) mass is 431 g/mol. The number of fused-ring (bicyclic) bond motifs is 1. The molecule has 5 rings (SSSR count). The predicted octanol–water partition coefficient (Wildman–Crippen LogP) is 5.24. The second-order valence-electron chi connectivity index (χ2n) is 6.87. The van der Waals surface area contributed by atoms with Crippen LogP contribution in [0.25, 0.3) is 6.08 Å². The Labute approximate surface area is 183 Å². The van der Waals surface area contributed by atoms with E-state index in [-0.39, 0.29) is 17.9 Å². The molecule has 154 valence electrons. The molecule has 2 aliphatic rings. The van der Waals surface area contributed by atoms with Crippen LogP contribution in [0.3, 0.4) is 0 Å². The summed E-state index contributed by atoms with van der Waals surface area (Å²) >= 11 is 0.921. The molecule has 3 aromatic rings. The average molecular weight is 431 g/mol. The third-order valence-corrected chi connectivity index (χ3v) is 5.71. The van der Waals surface area contributed by atoms with Gasteiger partial charge in [0.1, 0.15) is 12.4 Å². The molecule has 0 aromatic heterocycles. The molecule has 0 N–H and O–H groups in total. The highest BCUT2D eigenvalue weighted by Crippen LogP contribution is 2.37. The van der Waals surface area contributed by atoms with Crippen LogP contribution in [-0.2, 0) is 11.4 Å². The maximum absolute atomic E-state index is 12.9. The maximum atomic E-state index is 12.9. The number of nitrogens with zero attached hydrogens (tertiary/aromatic N) is 1. The summed E-state index contributed by atoms with van der Waals surface area (Å²) in [7, 11) is 0. The lowest BCUT2D eigenvalue weighted by molar-refractivity contribution is -0.113. The summed E-state index contributed by atoms with van der Waals surface area (Å²) in [6, 6.07) is 22.0. The molecule has 0 spiro atoms. The van der Waals surface area contributed by atoms with Crippen molar-refractivity contribution in [2.24, 2.45) is 0 Å². The zero-order valence-electron chi connectivity index (χ0n) is 16.3. The Bertz CT molecular complexity index is 1190. The van der Waals surface area contributed by atoms with Gasteiger partial charge in [-0.25, -0.2) is 4.90 Å². The van der Waals surface area contributed by atoms with Gasteiger partial charge in [-0.3, -0.25) is 9.59 Å². The predicted molar refractivity (Wildman–Crippen MR) is 118 cm³/mol. The van der Waals surface area contributed by atoms with Gasteiger partial charge in [0.25, 0.3) is 11.1 Å². The molecule has 2 heterocycles. The van der Waals surface area contributed by atoms with Crippen LogP contribution in [0.1, 0.15) is 11.1 Å². The van der Waals surface area contributed by atoms with Crippen molar-refractivity contribution in [3.63, 3.8) is 0 Å². The molecule has 1 saturated heterocycles. The summed E-state index contributed by atoms with van der Waals surface area (Å²) in [5.74, 6) is 1.70. The molecule has 2 amide bonds. The molecule has 3 aromatic carbocycles. The van der Waals surface area contributed by atoms with E-state index >= 15 is 0 Å². The van der Waals surface area contributed by atoms with Crippen molar-refractivity contribution in [2.45, 2.75) is 6.61 Å². The molecular formula is C24H17NO5S. The molecule has 1 fully saturated rings. The lowest BCUT2D eigenvalue weighted by Gasteiger charge is -2.12. The van der Waals surface area contributed by atoms with Crippen LogP contribution in [-0.4, -0.2) is 17.9 Å². The van der Waals surface area contributed by atoms with Crippen molar-refractivity contribution in [1.82, 2.24) is 0 Å². The Morgan fingerprint density at radius 3 is 2.58 bits per heavy atom. The number of para-hydroxylation sites is 2. The highest BCUT2D eigenvalue weighted by atomic mass is 32.2. The lowest BCUT2D eigenvalue weighted by atomic mass is 10.1. The number of hydrogen-bond acceptors (Lipinski definition) is 6. The largest absolute Gasteiger partial charge is 0.488 e. The molecule has 6 nitrogen and oxygen atoms in total. The number of amides is 2. The van der Waals surface area contributed by atoms with Gasteiger partial charge in [-0.15, -0.1) is 0 Å². The van der Waals surface area contributed by atoms with Crippen LogP contribution < -0.4 is 19.1 Å². The SMILES string of the molecule is O=C1S/C(=C\c2ccccc2OCc2ccc3c(c2)OCO3)C(=O)N1c1ccccc1. The summed E-state index contributed by atoms with van der Waals surface area (Å²) < 4.78 is 16.7. The van der Waals surface area contributed by atoms with Gasteiger partial charge in [-0.2, -0.15) is 0 Å². The summed E-state index contributed by atoms with van der Waals surface area (Å²) in [5, 5.41) is -0.318. The maximum Gasteiger partial charge on any atom is 0.298 e. The van der Waals surface area contributed by atoms with Gasteiger partial charge < -0.3 is 14.2 Å². The van der Waals surface area contributed by atoms with Crippen molar-refractivity contribution < 1.29 is 23.8 Å². The van der Waals surface area contributed by atoms with E-state index in [1.807, 2.05) is 48.5 Å². The summed E-state index contributed by atoms with van der Waals surface area (Å²) in [5.41, 5.74) is 2.21. The highest BCUT2D eigenvalue weighted by molar-refractivity contribution is 8.19. The number of rotatable bonds is 5. The number of anilines is 1. The normalized spacial score (nSPS) is 16.3. The number of imide groups is 1. The Balaban J connectivity index is 1.36. The van der Waals surface area contributed by atoms with E-state index < -0.39 is 0 Å². The molecule has 0 unspecified atom stereocenters. The number of carbonyl (C=O) groups is 2. The van der Waals surface area contributed by atoms with E-state index in [9.17, 15) is 9.59 Å². The molecule has 31 heavy (non-hydrogen) atoms. The first-order valence-electron chi connectivity index (χ1n) is 9.62. The standard InChI is InChI=1S/C24H17NO5S/c26-23-22(31-24(27)25(23)18-7-2-1-3-8-18)13-17-6-4-5-9-19(17)28-14-16-10-11-20-21(12-16)30-15-29-20/h1-13H,14-15H2/b22-13-. The molecule has 0 bridgehead atoms. The number of hydrogen-bond donors (Lipinski definition) is 0. The second kappa shape index (κ2) is 8.20. The fraction of sp³-hybridized carbons (Fsp3) is 0.0833. The van der Waals surface area contributed by atoms with Crippen LogP contribution in [0.15, 0.2) is 77.7 Å². The van der Waals surface area contributed by atoms with Gasteiger partial charge in [0.05, 0.1) is 10.6 Å².